The van der Waals surface area contributed by atoms with Crippen molar-refractivity contribution in [3.63, 3.8) is 0 Å². The van der Waals surface area contributed by atoms with Crippen LogP contribution in [0.2, 0.25) is 0 Å². The Morgan fingerprint density at radius 1 is 0.480 bits per heavy atom. The minimum atomic E-state index is 0.324. The quantitative estimate of drug-likeness (QED) is 0.181. The van der Waals surface area contributed by atoms with Crippen LogP contribution in [0.3, 0.4) is 0 Å². The van der Waals surface area contributed by atoms with Crippen molar-refractivity contribution in [1.29, 1.82) is 10.5 Å². The van der Waals surface area contributed by atoms with Gasteiger partial charge in [0.15, 0.2) is 5.69 Å². The summed E-state index contributed by atoms with van der Waals surface area (Å²) < 4.78 is 4.45. The first-order valence-electron chi connectivity index (χ1n) is 16.3. The predicted octanol–water partition coefficient (Wildman–Crippen LogP) is 11.5. The fourth-order valence-corrected chi connectivity index (χ4v) is 7.42. The van der Waals surface area contributed by atoms with E-state index >= 15 is 0 Å². The molecule has 0 amide bonds. The van der Waals surface area contributed by atoms with E-state index in [0.717, 1.165) is 60.9 Å². The van der Waals surface area contributed by atoms with Gasteiger partial charge < -0.3 is 9.13 Å². The molecule has 230 valence electrons. The monoisotopic (exact) mass is 635 g/mol. The Morgan fingerprint density at radius 2 is 1.08 bits per heavy atom. The van der Waals surface area contributed by atoms with Crippen molar-refractivity contribution in [3.8, 4) is 45.8 Å². The van der Waals surface area contributed by atoms with Gasteiger partial charge in [0.25, 0.3) is 0 Å². The molecule has 0 atom stereocenters. The van der Waals surface area contributed by atoms with E-state index in [-0.39, 0.29) is 0 Å². The van der Waals surface area contributed by atoms with Crippen LogP contribution in [0.1, 0.15) is 11.1 Å². The molecule has 7 aromatic carbocycles. The molecule has 0 radical (unpaired) electrons. The molecule has 2 heterocycles. The van der Waals surface area contributed by atoms with Gasteiger partial charge in [0.2, 0.25) is 0 Å². The van der Waals surface area contributed by atoms with E-state index in [4.69, 9.17) is 6.57 Å². The molecule has 0 aliphatic heterocycles. The van der Waals surface area contributed by atoms with Crippen molar-refractivity contribution in [1.82, 2.24) is 9.13 Å². The first-order chi connectivity index (χ1) is 24.7. The van der Waals surface area contributed by atoms with Crippen molar-refractivity contribution >= 4 is 49.3 Å². The van der Waals surface area contributed by atoms with Crippen LogP contribution in [-0.4, -0.2) is 9.13 Å². The first-order valence-corrected chi connectivity index (χ1v) is 16.3. The Balaban J connectivity index is 1.21. The van der Waals surface area contributed by atoms with Gasteiger partial charge in [-0.15, -0.1) is 0 Å². The summed E-state index contributed by atoms with van der Waals surface area (Å²) in [5.41, 5.74) is 10.9. The third-order valence-corrected chi connectivity index (χ3v) is 9.63. The highest BCUT2D eigenvalue weighted by Gasteiger charge is 2.21. The molecule has 0 spiro atoms. The number of aromatic nitrogens is 2. The number of rotatable bonds is 4. The lowest BCUT2D eigenvalue weighted by Gasteiger charge is -2.17. The van der Waals surface area contributed by atoms with E-state index in [2.05, 4.69) is 117 Å². The van der Waals surface area contributed by atoms with Crippen LogP contribution in [0.4, 0.5) is 5.69 Å². The number of para-hydroxylation sites is 3. The average Bonchev–Trinajstić information content (AvgIpc) is 3.70. The number of benzene rings is 7. The molecular formula is C45H25N5. The number of nitriles is 2. The van der Waals surface area contributed by atoms with Gasteiger partial charge in [-0.05, 0) is 76.7 Å². The van der Waals surface area contributed by atoms with E-state index in [1.54, 1.807) is 6.07 Å². The summed E-state index contributed by atoms with van der Waals surface area (Å²) in [5, 5.41) is 24.9. The molecule has 0 bridgehead atoms. The van der Waals surface area contributed by atoms with Crippen molar-refractivity contribution in [2.24, 2.45) is 0 Å². The summed E-state index contributed by atoms with van der Waals surface area (Å²) in [7, 11) is 0. The molecule has 0 aliphatic carbocycles. The summed E-state index contributed by atoms with van der Waals surface area (Å²) in [6, 6.07) is 55.8. The minimum Gasteiger partial charge on any atom is -0.309 e. The summed E-state index contributed by atoms with van der Waals surface area (Å²) in [6.45, 7) is 7.58. The maximum Gasteiger partial charge on any atom is 0.188 e. The lowest BCUT2D eigenvalue weighted by molar-refractivity contribution is 1.18. The van der Waals surface area contributed by atoms with Gasteiger partial charge in [-0.3, -0.25) is 0 Å². The van der Waals surface area contributed by atoms with Crippen molar-refractivity contribution in [2.45, 2.75) is 0 Å². The molecule has 0 aliphatic rings. The molecule has 0 saturated carbocycles. The standard InChI is InChI=1S/C45H25N5/c1-48-33-22-24-43-38(26-33)37-13-4-7-16-42(37)50(43)44-23-21-32(27-46)39(28-47)45(44)30-19-17-29(18-20-30)31-9-8-10-34(25-31)49-40-14-5-2-11-35(40)36-12-3-6-15-41(36)49/h2-26H. The highest BCUT2D eigenvalue weighted by atomic mass is 15.0. The molecule has 0 fully saturated rings. The van der Waals surface area contributed by atoms with Crippen LogP contribution in [-0.2, 0) is 0 Å². The highest BCUT2D eigenvalue weighted by Crippen LogP contribution is 2.40. The zero-order valence-corrected chi connectivity index (χ0v) is 26.7. The lowest BCUT2D eigenvalue weighted by Crippen LogP contribution is -2.01. The van der Waals surface area contributed by atoms with E-state index in [0.29, 0.717) is 22.4 Å². The highest BCUT2D eigenvalue weighted by molar-refractivity contribution is 6.11. The molecule has 5 nitrogen and oxygen atoms in total. The number of nitrogens with zero attached hydrogens (tertiary/aromatic N) is 5. The molecule has 0 saturated heterocycles. The predicted molar refractivity (Wildman–Crippen MR) is 202 cm³/mol. The minimum absolute atomic E-state index is 0.324. The molecule has 9 rings (SSSR count). The van der Waals surface area contributed by atoms with E-state index < -0.39 is 0 Å². The normalized spacial score (nSPS) is 11.1. The second-order valence-electron chi connectivity index (χ2n) is 12.3. The summed E-state index contributed by atoms with van der Waals surface area (Å²) in [4.78, 5) is 3.66. The lowest BCUT2D eigenvalue weighted by atomic mass is 9.93. The first kappa shape index (κ1) is 28.8. The zero-order chi connectivity index (χ0) is 33.8. The molecule has 5 heteroatoms. The number of hydrogen-bond donors (Lipinski definition) is 0. The third kappa shape index (κ3) is 4.31. The molecule has 0 unspecified atom stereocenters. The van der Waals surface area contributed by atoms with Gasteiger partial charge in [0.05, 0.1) is 45.5 Å². The molecular weight excluding hydrogens is 611 g/mol. The van der Waals surface area contributed by atoms with E-state index in [1.807, 2.05) is 54.6 Å². The van der Waals surface area contributed by atoms with Gasteiger partial charge in [-0.1, -0.05) is 97.1 Å². The summed E-state index contributed by atoms with van der Waals surface area (Å²) in [5.74, 6) is 0. The Hall–Kier alpha value is -7.39. The smallest absolute Gasteiger partial charge is 0.188 e. The molecule has 0 N–H and O–H groups in total. The van der Waals surface area contributed by atoms with Crippen LogP contribution in [0, 0.1) is 29.2 Å². The van der Waals surface area contributed by atoms with Gasteiger partial charge in [-0.2, -0.15) is 10.5 Å². The maximum atomic E-state index is 10.5. The van der Waals surface area contributed by atoms with E-state index in [9.17, 15) is 10.5 Å². The summed E-state index contributed by atoms with van der Waals surface area (Å²) in [6.07, 6.45) is 0. The zero-order valence-electron chi connectivity index (χ0n) is 26.7. The Labute approximate surface area is 288 Å². The maximum absolute atomic E-state index is 10.5. The average molecular weight is 636 g/mol. The van der Waals surface area contributed by atoms with Crippen LogP contribution in [0.15, 0.2) is 152 Å². The molecule has 2 aromatic heterocycles. The van der Waals surface area contributed by atoms with Gasteiger partial charge in [-0.25, -0.2) is 4.85 Å². The second-order valence-corrected chi connectivity index (χ2v) is 12.3. The SMILES string of the molecule is [C-]#[N+]c1ccc2c(c1)c1ccccc1n2-c1ccc(C#N)c(C#N)c1-c1ccc(-c2cccc(-n3c4ccccc4c4ccccc43)c2)cc1. The molecule has 50 heavy (non-hydrogen) atoms. The van der Waals surface area contributed by atoms with Crippen LogP contribution >= 0.6 is 0 Å². The van der Waals surface area contributed by atoms with Crippen molar-refractivity contribution in [3.05, 3.63) is 174 Å². The second kappa shape index (κ2) is 11.4. The fraction of sp³-hybridized carbons (Fsp3) is 0. The molecule has 9 aromatic rings. The van der Waals surface area contributed by atoms with Crippen LogP contribution in [0.5, 0.6) is 0 Å². The van der Waals surface area contributed by atoms with E-state index in [1.165, 1.54) is 10.8 Å². The summed E-state index contributed by atoms with van der Waals surface area (Å²) >= 11 is 0. The van der Waals surface area contributed by atoms with Gasteiger partial charge in [0, 0.05) is 27.4 Å². The number of hydrogen-bond acceptors (Lipinski definition) is 2. The van der Waals surface area contributed by atoms with Crippen molar-refractivity contribution in [2.75, 3.05) is 0 Å². The topological polar surface area (TPSA) is 61.8 Å². The third-order valence-electron chi connectivity index (χ3n) is 9.63. The van der Waals surface area contributed by atoms with Gasteiger partial charge >= 0.3 is 0 Å². The van der Waals surface area contributed by atoms with Gasteiger partial charge in [0.1, 0.15) is 12.1 Å². The fourth-order valence-electron chi connectivity index (χ4n) is 7.42. The Kier molecular flexibility index (Phi) is 6.56. The van der Waals surface area contributed by atoms with Crippen molar-refractivity contribution < 1.29 is 0 Å². The Bertz CT molecular complexity index is 2900. The Morgan fingerprint density at radius 3 is 1.72 bits per heavy atom. The van der Waals surface area contributed by atoms with Crippen LogP contribution in [0.25, 0.3) is 82.1 Å². The largest absolute Gasteiger partial charge is 0.309 e. The van der Waals surface area contributed by atoms with Crippen LogP contribution < -0.4 is 0 Å². The number of fused-ring (bicyclic) bond motifs is 6.